The van der Waals surface area contributed by atoms with Gasteiger partial charge in [-0.05, 0) is 37.0 Å². The first kappa shape index (κ1) is 12.8. The quantitative estimate of drug-likeness (QED) is 0.909. The summed E-state index contributed by atoms with van der Waals surface area (Å²) in [6.07, 6.45) is 3.94. The summed E-state index contributed by atoms with van der Waals surface area (Å²) in [4.78, 5) is 21.9. The summed E-state index contributed by atoms with van der Waals surface area (Å²) >= 11 is 0. The molecule has 104 valence electrons. The van der Waals surface area contributed by atoms with Crippen LogP contribution in [0.4, 0.5) is 5.82 Å². The molecule has 0 amide bonds. The van der Waals surface area contributed by atoms with Gasteiger partial charge in [-0.1, -0.05) is 6.92 Å². The van der Waals surface area contributed by atoms with Gasteiger partial charge in [-0.25, -0.2) is 14.8 Å². The highest BCUT2D eigenvalue weighted by atomic mass is 16.4. The standard InChI is InChI=1S/C15H17N3O2/c1-10-3-2-6-18(8-10)14-12-5-4-11(15(19)20)7-13(12)16-9-17-14/h4-5,7,9-10H,2-3,6,8H2,1H3,(H,19,20)/t10-/m1/s1. The molecule has 5 heteroatoms. The van der Waals surface area contributed by atoms with Crippen LogP contribution in [0.3, 0.4) is 0 Å². The maximum absolute atomic E-state index is 11.0. The van der Waals surface area contributed by atoms with Gasteiger partial charge in [-0.2, -0.15) is 0 Å². The molecule has 0 aliphatic carbocycles. The number of aromatic nitrogens is 2. The Morgan fingerprint density at radius 2 is 2.25 bits per heavy atom. The van der Waals surface area contributed by atoms with Gasteiger partial charge in [0.2, 0.25) is 0 Å². The van der Waals surface area contributed by atoms with Crippen molar-refractivity contribution in [1.29, 1.82) is 0 Å². The second-order valence-corrected chi connectivity index (χ2v) is 5.43. The largest absolute Gasteiger partial charge is 0.478 e. The van der Waals surface area contributed by atoms with Crippen molar-refractivity contribution in [1.82, 2.24) is 9.97 Å². The highest BCUT2D eigenvalue weighted by molar-refractivity contribution is 5.96. The Morgan fingerprint density at radius 3 is 3.00 bits per heavy atom. The molecule has 0 unspecified atom stereocenters. The fraction of sp³-hybridized carbons (Fsp3) is 0.400. The highest BCUT2D eigenvalue weighted by Crippen LogP contribution is 2.27. The van der Waals surface area contributed by atoms with Gasteiger partial charge in [0.05, 0.1) is 11.1 Å². The molecule has 0 radical (unpaired) electrons. The maximum Gasteiger partial charge on any atom is 0.335 e. The molecule has 1 aliphatic rings. The zero-order valence-corrected chi connectivity index (χ0v) is 11.4. The maximum atomic E-state index is 11.0. The predicted octanol–water partition coefficient (Wildman–Crippen LogP) is 2.56. The number of carbonyl (C=O) groups is 1. The normalized spacial score (nSPS) is 19.2. The molecular weight excluding hydrogens is 254 g/mol. The van der Waals surface area contributed by atoms with Gasteiger partial charge in [0.15, 0.2) is 0 Å². The Bertz CT molecular complexity index is 657. The van der Waals surface area contributed by atoms with Crippen molar-refractivity contribution in [2.75, 3.05) is 18.0 Å². The molecule has 1 fully saturated rings. The molecule has 0 saturated carbocycles. The van der Waals surface area contributed by atoms with E-state index in [-0.39, 0.29) is 5.56 Å². The summed E-state index contributed by atoms with van der Waals surface area (Å²) < 4.78 is 0. The number of hydrogen-bond donors (Lipinski definition) is 1. The minimum atomic E-state index is -0.932. The molecule has 3 rings (SSSR count). The van der Waals surface area contributed by atoms with E-state index >= 15 is 0 Å². The van der Waals surface area contributed by atoms with Crippen LogP contribution in [0.1, 0.15) is 30.1 Å². The molecule has 1 aliphatic heterocycles. The van der Waals surface area contributed by atoms with E-state index < -0.39 is 5.97 Å². The Morgan fingerprint density at radius 1 is 1.40 bits per heavy atom. The number of carboxylic acids is 1. The minimum absolute atomic E-state index is 0.258. The summed E-state index contributed by atoms with van der Waals surface area (Å²) in [5.74, 6) is 0.643. The van der Waals surface area contributed by atoms with Crippen molar-refractivity contribution in [2.45, 2.75) is 19.8 Å². The van der Waals surface area contributed by atoms with Crippen LogP contribution in [-0.4, -0.2) is 34.1 Å². The molecule has 1 saturated heterocycles. The number of rotatable bonds is 2. The molecule has 1 aromatic heterocycles. The highest BCUT2D eigenvalue weighted by Gasteiger charge is 2.19. The van der Waals surface area contributed by atoms with E-state index in [1.165, 1.54) is 19.2 Å². The third-order valence-corrected chi connectivity index (χ3v) is 3.82. The number of fused-ring (bicyclic) bond motifs is 1. The summed E-state index contributed by atoms with van der Waals surface area (Å²) in [5.41, 5.74) is 0.947. The molecule has 20 heavy (non-hydrogen) atoms. The molecule has 0 spiro atoms. The van der Waals surface area contributed by atoms with Crippen LogP contribution < -0.4 is 4.90 Å². The number of benzene rings is 1. The lowest BCUT2D eigenvalue weighted by atomic mass is 10.00. The summed E-state index contributed by atoms with van der Waals surface area (Å²) in [6, 6.07) is 5.04. The average Bonchev–Trinajstić information content (AvgIpc) is 2.46. The first-order valence-corrected chi connectivity index (χ1v) is 6.88. The van der Waals surface area contributed by atoms with Crippen LogP contribution in [0.5, 0.6) is 0 Å². The van der Waals surface area contributed by atoms with Crippen molar-refractivity contribution >= 4 is 22.7 Å². The summed E-state index contributed by atoms with van der Waals surface area (Å²) in [7, 11) is 0. The van der Waals surface area contributed by atoms with E-state index in [2.05, 4.69) is 21.8 Å². The van der Waals surface area contributed by atoms with Crippen LogP contribution in [0.25, 0.3) is 10.9 Å². The second kappa shape index (κ2) is 5.07. The lowest BCUT2D eigenvalue weighted by Crippen LogP contribution is -2.35. The van der Waals surface area contributed by atoms with Crippen molar-refractivity contribution < 1.29 is 9.90 Å². The molecule has 2 heterocycles. The minimum Gasteiger partial charge on any atom is -0.478 e. The smallest absolute Gasteiger partial charge is 0.335 e. The first-order chi connectivity index (χ1) is 9.65. The number of anilines is 1. The number of hydrogen-bond acceptors (Lipinski definition) is 4. The van der Waals surface area contributed by atoms with Gasteiger partial charge in [0.1, 0.15) is 12.1 Å². The Hall–Kier alpha value is -2.17. The SMILES string of the molecule is C[C@@H]1CCCN(c2ncnc3cc(C(=O)O)ccc23)C1. The molecule has 2 aromatic rings. The fourth-order valence-electron chi connectivity index (χ4n) is 2.81. The third-order valence-electron chi connectivity index (χ3n) is 3.82. The predicted molar refractivity (Wildman–Crippen MR) is 77.1 cm³/mol. The topological polar surface area (TPSA) is 66.3 Å². The van der Waals surface area contributed by atoms with E-state index in [1.807, 2.05) is 6.07 Å². The van der Waals surface area contributed by atoms with Gasteiger partial charge in [0, 0.05) is 18.5 Å². The first-order valence-electron chi connectivity index (χ1n) is 6.88. The third kappa shape index (κ3) is 2.31. The van der Waals surface area contributed by atoms with E-state index in [0.717, 1.165) is 24.3 Å². The van der Waals surface area contributed by atoms with Crippen LogP contribution in [-0.2, 0) is 0 Å². The fourth-order valence-corrected chi connectivity index (χ4v) is 2.81. The number of carboxylic acid groups (broad SMARTS) is 1. The van der Waals surface area contributed by atoms with Crippen molar-refractivity contribution in [3.63, 3.8) is 0 Å². The van der Waals surface area contributed by atoms with Crippen molar-refractivity contribution in [2.24, 2.45) is 5.92 Å². The molecular formula is C15H17N3O2. The number of nitrogens with zero attached hydrogens (tertiary/aromatic N) is 3. The van der Waals surface area contributed by atoms with E-state index in [9.17, 15) is 4.79 Å². The Balaban J connectivity index is 2.05. The van der Waals surface area contributed by atoms with Crippen LogP contribution >= 0.6 is 0 Å². The van der Waals surface area contributed by atoms with Gasteiger partial charge >= 0.3 is 5.97 Å². The van der Waals surface area contributed by atoms with E-state index in [0.29, 0.717) is 11.4 Å². The van der Waals surface area contributed by atoms with Gasteiger partial charge in [0.25, 0.3) is 0 Å². The molecule has 0 bridgehead atoms. The van der Waals surface area contributed by atoms with Crippen LogP contribution in [0.2, 0.25) is 0 Å². The Kier molecular flexibility index (Phi) is 3.26. The van der Waals surface area contributed by atoms with Gasteiger partial charge < -0.3 is 10.0 Å². The summed E-state index contributed by atoms with van der Waals surface area (Å²) in [6.45, 7) is 4.24. The lowest BCUT2D eigenvalue weighted by molar-refractivity contribution is 0.0697. The number of aromatic carboxylic acids is 1. The van der Waals surface area contributed by atoms with Crippen molar-refractivity contribution in [3.8, 4) is 0 Å². The van der Waals surface area contributed by atoms with Crippen LogP contribution in [0, 0.1) is 5.92 Å². The van der Waals surface area contributed by atoms with Crippen LogP contribution in [0.15, 0.2) is 24.5 Å². The van der Waals surface area contributed by atoms with E-state index in [4.69, 9.17) is 5.11 Å². The lowest BCUT2D eigenvalue weighted by Gasteiger charge is -2.32. The molecule has 1 aromatic carbocycles. The second-order valence-electron chi connectivity index (χ2n) is 5.43. The van der Waals surface area contributed by atoms with Gasteiger partial charge in [-0.3, -0.25) is 0 Å². The Labute approximate surface area is 117 Å². The van der Waals surface area contributed by atoms with Crippen molar-refractivity contribution in [3.05, 3.63) is 30.1 Å². The average molecular weight is 271 g/mol. The monoisotopic (exact) mass is 271 g/mol. The zero-order valence-electron chi connectivity index (χ0n) is 11.4. The molecule has 1 atom stereocenters. The summed E-state index contributed by atoms with van der Waals surface area (Å²) in [5, 5.41) is 9.97. The van der Waals surface area contributed by atoms with E-state index in [1.54, 1.807) is 12.1 Å². The zero-order chi connectivity index (χ0) is 14.1. The molecule has 5 nitrogen and oxygen atoms in total. The van der Waals surface area contributed by atoms with Gasteiger partial charge in [-0.15, -0.1) is 0 Å². The number of piperidine rings is 1. The molecule has 1 N–H and O–H groups in total.